The summed E-state index contributed by atoms with van der Waals surface area (Å²) >= 11 is 0. The summed E-state index contributed by atoms with van der Waals surface area (Å²) in [6, 6.07) is 3.43. The van der Waals surface area contributed by atoms with Crippen LogP contribution >= 0.6 is 0 Å². The van der Waals surface area contributed by atoms with Crippen molar-refractivity contribution in [1.82, 2.24) is 0 Å². The molecule has 1 aromatic carbocycles. The van der Waals surface area contributed by atoms with E-state index in [1.807, 2.05) is 0 Å². The van der Waals surface area contributed by atoms with Crippen LogP contribution in [0.3, 0.4) is 0 Å². The first-order chi connectivity index (χ1) is 15.6. The lowest BCUT2D eigenvalue weighted by Gasteiger charge is -2.38. The fraction of sp³-hybridized carbons (Fsp3) is 0.724. The zero-order valence-corrected chi connectivity index (χ0v) is 20.4. The van der Waals surface area contributed by atoms with Gasteiger partial charge < -0.3 is 4.74 Å². The van der Waals surface area contributed by atoms with Gasteiger partial charge in [-0.15, -0.1) is 0 Å². The van der Waals surface area contributed by atoms with Crippen molar-refractivity contribution >= 4 is 0 Å². The van der Waals surface area contributed by atoms with Gasteiger partial charge >= 0.3 is 0 Å². The second kappa shape index (κ2) is 13.4. The molecular formula is C29H44F2O. The third kappa shape index (κ3) is 7.06. The van der Waals surface area contributed by atoms with Crippen LogP contribution in [-0.2, 0) is 0 Å². The topological polar surface area (TPSA) is 9.23 Å². The van der Waals surface area contributed by atoms with Crippen molar-refractivity contribution in [2.45, 2.75) is 110 Å². The predicted molar refractivity (Wildman–Crippen MR) is 130 cm³/mol. The number of halogens is 2. The number of unbranched alkanes of at least 4 members (excludes halogenated alkanes) is 4. The minimum atomic E-state index is -0.794. The lowest BCUT2D eigenvalue weighted by atomic mass is 9.68. The fourth-order valence-electron chi connectivity index (χ4n) is 5.99. The highest BCUT2D eigenvalue weighted by atomic mass is 19.2. The van der Waals surface area contributed by atoms with Gasteiger partial charge in [-0.2, -0.15) is 4.39 Å². The van der Waals surface area contributed by atoms with Crippen LogP contribution in [0.5, 0.6) is 5.75 Å². The fourth-order valence-corrected chi connectivity index (χ4v) is 5.99. The third-order valence-corrected chi connectivity index (χ3v) is 8.06. The zero-order valence-electron chi connectivity index (χ0n) is 20.4. The molecule has 0 aromatic heterocycles. The van der Waals surface area contributed by atoms with Crippen LogP contribution in [-0.4, -0.2) is 6.61 Å². The van der Waals surface area contributed by atoms with Gasteiger partial charge in [0.2, 0.25) is 5.82 Å². The van der Waals surface area contributed by atoms with Crippen molar-refractivity contribution in [2.75, 3.05) is 6.61 Å². The van der Waals surface area contributed by atoms with Gasteiger partial charge in [-0.25, -0.2) is 4.39 Å². The van der Waals surface area contributed by atoms with Crippen molar-refractivity contribution in [2.24, 2.45) is 17.8 Å². The summed E-state index contributed by atoms with van der Waals surface area (Å²) < 4.78 is 35.0. The van der Waals surface area contributed by atoms with Gasteiger partial charge in [-0.3, -0.25) is 0 Å². The van der Waals surface area contributed by atoms with Gasteiger partial charge in [-0.05, 0) is 106 Å². The minimum absolute atomic E-state index is 0.0742. The van der Waals surface area contributed by atoms with Crippen LogP contribution < -0.4 is 4.74 Å². The lowest BCUT2D eigenvalue weighted by molar-refractivity contribution is 0.160. The molecule has 0 radical (unpaired) electrons. The first-order valence-electron chi connectivity index (χ1n) is 13.4. The number of hydrogen-bond donors (Lipinski definition) is 0. The van der Waals surface area contributed by atoms with Gasteiger partial charge in [0, 0.05) is 0 Å². The number of rotatable bonds is 11. The molecule has 0 heterocycles. The quantitative estimate of drug-likeness (QED) is 0.243. The summed E-state index contributed by atoms with van der Waals surface area (Å²) in [7, 11) is 0. The number of allylic oxidation sites excluding steroid dienone is 2. The summed E-state index contributed by atoms with van der Waals surface area (Å²) in [5.41, 5.74) is 0.561. The Hall–Kier alpha value is -1.38. The molecule has 2 saturated carbocycles. The first-order valence-corrected chi connectivity index (χ1v) is 13.4. The molecule has 3 rings (SSSR count). The highest BCUT2D eigenvalue weighted by Crippen LogP contribution is 2.45. The maximum atomic E-state index is 14.9. The third-order valence-electron chi connectivity index (χ3n) is 8.06. The molecule has 2 aliphatic rings. The Labute approximate surface area is 195 Å². The monoisotopic (exact) mass is 446 g/mol. The second-order valence-electron chi connectivity index (χ2n) is 10.2. The molecule has 0 atom stereocenters. The molecular weight excluding hydrogens is 402 g/mol. The van der Waals surface area contributed by atoms with Crippen molar-refractivity contribution in [3.8, 4) is 5.75 Å². The normalized spacial score (nSPS) is 26.5. The molecule has 2 aliphatic carbocycles. The van der Waals surface area contributed by atoms with E-state index in [0.717, 1.165) is 56.3 Å². The van der Waals surface area contributed by atoms with E-state index in [9.17, 15) is 8.78 Å². The van der Waals surface area contributed by atoms with Crippen molar-refractivity contribution in [1.29, 1.82) is 0 Å². The van der Waals surface area contributed by atoms with E-state index in [4.69, 9.17) is 4.74 Å². The number of benzene rings is 1. The van der Waals surface area contributed by atoms with Crippen LogP contribution in [0, 0.1) is 29.4 Å². The van der Waals surface area contributed by atoms with Crippen molar-refractivity contribution in [3.63, 3.8) is 0 Å². The molecule has 0 saturated heterocycles. The average Bonchev–Trinajstić information content (AvgIpc) is 2.83. The molecule has 180 valence electrons. The Balaban J connectivity index is 1.45. The van der Waals surface area contributed by atoms with E-state index in [-0.39, 0.29) is 11.7 Å². The molecule has 0 spiro atoms. The standard InChI is InChI=1S/C29H44F2O/c1-3-5-7-8-9-21-32-27-20-19-26(28(30)29(27)31)25-17-15-24(16-18-25)23-13-11-22(12-14-23)10-6-4-2/h4,6,19-20,22-25H,3,5,7-18,21H2,1-2H3/b6-4-. The summed E-state index contributed by atoms with van der Waals surface area (Å²) in [6.07, 6.45) is 21.0. The van der Waals surface area contributed by atoms with E-state index in [2.05, 4.69) is 26.0 Å². The maximum Gasteiger partial charge on any atom is 0.200 e. The van der Waals surface area contributed by atoms with Crippen LogP contribution in [0.1, 0.15) is 115 Å². The van der Waals surface area contributed by atoms with E-state index < -0.39 is 11.6 Å². The second-order valence-corrected chi connectivity index (χ2v) is 10.2. The zero-order chi connectivity index (χ0) is 22.8. The molecule has 3 heteroatoms. The Morgan fingerprint density at radius 2 is 1.50 bits per heavy atom. The van der Waals surface area contributed by atoms with Crippen LogP contribution in [0.2, 0.25) is 0 Å². The first kappa shape index (κ1) is 25.2. The highest BCUT2D eigenvalue weighted by Gasteiger charge is 2.32. The van der Waals surface area contributed by atoms with E-state index in [1.165, 1.54) is 51.4 Å². The molecule has 2 fully saturated rings. The maximum absolute atomic E-state index is 14.9. The Bertz CT molecular complexity index is 697. The van der Waals surface area contributed by atoms with Gasteiger partial charge in [0.15, 0.2) is 11.6 Å². The van der Waals surface area contributed by atoms with Gasteiger partial charge in [0.1, 0.15) is 0 Å². The van der Waals surface area contributed by atoms with Crippen LogP contribution in [0.4, 0.5) is 8.78 Å². The molecule has 1 nitrogen and oxygen atoms in total. The molecule has 0 aliphatic heterocycles. The van der Waals surface area contributed by atoms with Crippen molar-refractivity contribution in [3.05, 3.63) is 41.5 Å². The van der Waals surface area contributed by atoms with Gasteiger partial charge in [-0.1, -0.05) is 50.8 Å². The number of hydrogen-bond acceptors (Lipinski definition) is 1. The van der Waals surface area contributed by atoms with Crippen LogP contribution in [0.15, 0.2) is 24.3 Å². The average molecular weight is 447 g/mol. The molecule has 1 aromatic rings. The predicted octanol–water partition coefficient (Wildman–Crippen LogP) is 9.36. The van der Waals surface area contributed by atoms with Crippen molar-refractivity contribution < 1.29 is 13.5 Å². The Morgan fingerprint density at radius 1 is 0.844 bits per heavy atom. The largest absolute Gasteiger partial charge is 0.490 e. The molecule has 0 N–H and O–H groups in total. The van der Waals surface area contributed by atoms with Gasteiger partial charge in [0.25, 0.3) is 0 Å². The molecule has 0 unspecified atom stereocenters. The molecule has 0 bridgehead atoms. The Morgan fingerprint density at radius 3 is 2.16 bits per heavy atom. The lowest BCUT2D eigenvalue weighted by Crippen LogP contribution is -2.25. The number of ether oxygens (including phenoxy) is 1. The van der Waals surface area contributed by atoms with Crippen LogP contribution in [0.25, 0.3) is 0 Å². The Kier molecular flexibility index (Phi) is 10.5. The van der Waals surface area contributed by atoms with E-state index in [1.54, 1.807) is 12.1 Å². The summed E-state index contributed by atoms with van der Waals surface area (Å²) in [4.78, 5) is 0. The molecule has 0 amide bonds. The summed E-state index contributed by atoms with van der Waals surface area (Å²) in [5.74, 6) is 1.23. The molecule has 32 heavy (non-hydrogen) atoms. The highest BCUT2D eigenvalue weighted by molar-refractivity contribution is 5.33. The summed E-state index contributed by atoms with van der Waals surface area (Å²) in [5, 5.41) is 0. The van der Waals surface area contributed by atoms with Gasteiger partial charge in [0.05, 0.1) is 6.61 Å². The minimum Gasteiger partial charge on any atom is -0.490 e. The van der Waals surface area contributed by atoms with E-state index in [0.29, 0.717) is 12.2 Å². The summed E-state index contributed by atoms with van der Waals surface area (Å²) in [6.45, 7) is 4.75. The SMILES string of the molecule is C/C=C\CC1CCC(C2CCC(c3ccc(OCCCCCCC)c(F)c3F)CC2)CC1. The van der Waals surface area contributed by atoms with E-state index >= 15 is 0 Å². The smallest absolute Gasteiger partial charge is 0.200 e.